The van der Waals surface area contributed by atoms with Gasteiger partial charge in [0, 0.05) is 12.0 Å². The molecule has 0 aliphatic carbocycles. The lowest BCUT2D eigenvalue weighted by Crippen LogP contribution is -2.34. The summed E-state index contributed by atoms with van der Waals surface area (Å²) in [6, 6.07) is 10.4. The molecule has 3 nitrogen and oxygen atoms in total. The largest absolute Gasteiger partial charge is 0.459 e. The number of hydrogen-bond donors (Lipinski definition) is 1. The Bertz CT molecular complexity index is 515. The van der Waals surface area contributed by atoms with Crippen LogP contribution >= 0.6 is 0 Å². The van der Waals surface area contributed by atoms with Crippen LogP contribution in [0.5, 0.6) is 0 Å². The van der Waals surface area contributed by atoms with Crippen LogP contribution in [-0.4, -0.2) is 19.3 Å². The van der Waals surface area contributed by atoms with Crippen molar-refractivity contribution in [3.05, 3.63) is 36.1 Å². The van der Waals surface area contributed by atoms with Gasteiger partial charge in [-0.2, -0.15) is 0 Å². The first-order valence-electron chi connectivity index (χ1n) is 7.13. The fraction of sp³-hybridized carbons (Fsp3) is 0.500. The molecule has 3 atom stereocenters. The summed E-state index contributed by atoms with van der Waals surface area (Å²) >= 11 is 0. The van der Waals surface area contributed by atoms with Crippen LogP contribution in [0.1, 0.15) is 32.1 Å². The first-order valence-corrected chi connectivity index (χ1v) is 7.13. The van der Waals surface area contributed by atoms with Gasteiger partial charge in [-0.1, -0.05) is 32.0 Å². The van der Waals surface area contributed by atoms with E-state index in [4.69, 9.17) is 9.15 Å². The Hall–Kier alpha value is -1.32. The Morgan fingerprint density at radius 3 is 2.89 bits per heavy atom. The van der Waals surface area contributed by atoms with Gasteiger partial charge in [0.2, 0.25) is 0 Å². The number of furan rings is 1. The second-order valence-corrected chi connectivity index (χ2v) is 5.32. The molecule has 1 N–H and O–H groups in total. The number of ether oxygens (including phenoxy) is 1. The van der Waals surface area contributed by atoms with E-state index in [-0.39, 0.29) is 12.1 Å². The molecule has 3 heteroatoms. The highest BCUT2D eigenvalue weighted by atomic mass is 16.5. The lowest BCUT2D eigenvalue weighted by molar-refractivity contribution is 0.0549. The van der Waals surface area contributed by atoms with Crippen LogP contribution in [0, 0.1) is 5.92 Å². The molecule has 1 saturated heterocycles. The maximum absolute atomic E-state index is 6.00. The molecule has 2 heterocycles. The van der Waals surface area contributed by atoms with Gasteiger partial charge in [0.25, 0.3) is 0 Å². The molecule has 1 aliphatic heterocycles. The first kappa shape index (κ1) is 12.7. The van der Waals surface area contributed by atoms with Crippen LogP contribution in [0.2, 0.25) is 0 Å². The summed E-state index contributed by atoms with van der Waals surface area (Å²) in [4.78, 5) is 0. The summed E-state index contributed by atoms with van der Waals surface area (Å²) in [6.45, 7) is 6.14. The van der Waals surface area contributed by atoms with Crippen molar-refractivity contribution in [3.63, 3.8) is 0 Å². The minimum Gasteiger partial charge on any atom is -0.459 e. The molecule has 0 amide bonds. The molecule has 0 radical (unpaired) electrons. The van der Waals surface area contributed by atoms with Crippen LogP contribution in [0.15, 0.2) is 34.7 Å². The summed E-state index contributed by atoms with van der Waals surface area (Å²) in [5.74, 6) is 1.55. The smallest absolute Gasteiger partial charge is 0.134 e. The molecule has 1 fully saturated rings. The molecule has 1 aromatic heterocycles. The quantitative estimate of drug-likeness (QED) is 0.912. The van der Waals surface area contributed by atoms with Gasteiger partial charge in [-0.05, 0) is 31.0 Å². The molecule has 3 rings (SSSR count). The number of para-hydroxylation sites is 1. The van der Waals surface area contributed by atoms with Crippen molar-refractivity contribution in [3.8, 4) is 0 Å². The molecule has 102 valence electrons. The molecule has 3 unspecified atom stereocenters. The number of likely N-dealkylation sites (N-methyl/N-ethyl adjacent to an activating group) is 1. The molecule has 0 spiro atoms. The standard InChI is InChI=1S/C16H21NO2/c1-3-17-15(16-11(2)8-9-18-16)14-10-12-6-4-5-7-13(12)19-14/h4-7,10-11,15-17H,3,8-9H2,1-2H3. The summed E-state index contributed by atoms with van der Waals surface area (Å²) in [7, 11) is 0. The normalized spacial score (nSPS) is 24.9. The van der Waals surface area contributed by atoms with Gasteiger partial charge in [0.05, 0.1) is 12.1 Å². The monoisotopic (exact) mass is 259 g/mol. The van der Waals surface area contributed by atoms with Crippen LogP contribution in [0.25, 0.3) is 11.0 Å². The highest BCUT2D eigenvalue weighted by molar-refractivity contribution is 5.77. The van der Waals surface area contributed by atoms with E-state index in [1.807, 2.05) is 18.2 Å². The van der Waals surface area contributed by atoms with E-state index >= 15 is 0 Å². The lowest BCUT2D eigenvalue weighted by atomic mass is 9.96. The summed E-state index contributed by atoms with van der Waals surface area (Å²) < 4.78 is 11.9. The van der Waals surface area contributed by atoms with E-state index in [0.717, 1.165) is 36.3 Å². The van der Waals surface area contributed by atoms with Crippen LogP contribution < -0.4 is 5.32 Å². The minimum absolute atomic E-state index is 0.148. The predicted octanol–water partition coefficient (Wildman–Crippen LogP) is 3.51. The molecule has 2 aromatic rings. The van der Waals surface area contributed by atoms with Gasteiger partial charge >= 0.3 is 0 Å². The zero-order valence-corrected chi connectivity index (χ0v) is 11.6. The maximum Gasteiger partial charge on any atom is 0.134 e. The highest BCUT2D eigenvalue weighted by Gasteiger charge is 2.34. The van der Waals surface area contributed by atoms with Gasteiger partial charge in [0.1, 0.15) is 11.3 Å². The van der Waals surface area contributed by atoms with E-state index < -0.39 is 0 Å². The Morgan fingerprint density at radius 2 is 2.21 bits per heavy atom. The van der Waals surface area contributed by atoms with Gasteiger partial charge in [-0.15, -0.1) is 0 Å². The van der Waals surface area contributed by atoms with Crippen molar-refractivity contribution in [1.82, 2.24) is 5.32 Å². The van der Waals surface area contributed by atoms with Crippen LogP contribution in [0.3, 0.4) is 0 Å². The van der Waals surface area contributed by atoms with Crippen LogP contribution in [-0.2, 0) is 4.74 Å². The molecule has 1 aromatic carbocycles. The molecular formula is C16H21NO2. The van der Waals surface area contributed by atoms with Gasteiger partial charge in [-0.3, -0.25) is 0 Å². The Kier molecular flexibility index (Phi) is 3.58. The van der Waals surface area contributed by atoms with Gasteiger partial charge in [0.15, 0.2) is 0 Å². The third-order valence-corrected chi connectivity index (χ3v) is 3.95. The zero-order chi connectivity index (χ0) is 13.2. The van der Waals surface area contributed by atoms with Crippen LogP contribution in [0.4, 0.5) is 0 Å². The number of fused-ring (bicyclic) bond motifs is 1. The molecule has 0 saturated carbocycles. The van der Waals surface area contributed by atoms with Crippen molar-refractivity contribution in [1.29, 1.82) is 0 Å². The average molecular weight is 259 g/mol. The lowest BCUT2D eigenvalue weighted by Gasteiger charge is -2.25. The van der Waals surface area contributed by atoms with Crippen molar-refractivity contribution in [2.45, 2.75) is 32.4 Å². The van der Waals surface area contributed by atoms with Crippen molar-refractivity contribution >= 4 is 11.0 Å². The number of rotatable bonds is 4. The van der Waals surface area contributed by atoms with E-state index in [2.05, 4.69) is 31.3 Å². The fourth-order valence-corrected chi connectivity index (χ4v) is 2.90. The van der Waals surface area contributed by atoms with E-state index in [9.17, 15) is 0 Å². The summed E-state index contributed by atoms with van der Waals surface area (Å²) in [6.07, 6.45) is 1.34. The molecule has 1 aliphatic rings. The number of nitrogens with one attached hydrogen (secondary N) is 1. The Labute approximate surface area is 113 Å². The van der Waals surface area contributed by atoms with Gasteiger partial charge in [-0.25, -0.2) is 0 Å². The number of hydrogen-bond acceptors (Lipinski definition) is 3. The highest BCUT2D eigenvalue weighted by Crippen LogP contribution is 2.33. The minimum atomic E-state index is 0.148. The maximum atomic E-state index is 6.00. The summed E-state index contributed by atoms with van der Waals surface area (Å²) in [5.41, 5.74) is 0.950. The van der Waals surface area contributed by atoms with Gasteiger partial charge < -0.3 is 14.5 Å². The van der Waals surface area contributed by atoms with Crippen molar-refractivity contribution in [2.24, 2.45) is 5.92 Å². The molecule has 0 bridgehead atoms. The van der Waals surface area contributed by atoms with Crippen molar-refractivity contribution < 1.29 is 9.15 Å². The Balaban J connectivity index is 1.94. The second kappa shape index (κ2) is 5.35. The molecule has 19 heavy (non-hydrogen) atoms. The summed E-state index contributed by atoms with van der Waals surface area (Å²) in [5, 5.41) is 4.67. The third kappa shape index (κ3) is 2.40. The topological polar surface area (TPSA) is 34.4 Å². The first-order chi connectivity index (χ1) is 9.29. The van der Waals surface area contributed by atoms with Crippen molar-refractivity contribution in [2.75, 3.05) is 13.2 Å². The number of benzene rings is 1. The SMILES string of the molecule is CCNC(c1cc2ccccc2o1)C1OCCC1C. The van der Waals surface area contributed by atoms with E-state index in [1.165, 1.54) is 0 Å². The zero-order valence-electron chi connectivity index (χ0n) is 11.6. The average Bonchev–Trinajstić information content (AvgIpc) is 3.02. The Morgan fingerprint density at radius 1 is 1.37 bits per heavy atom. The fourth-order valence-electron chi connectivity index (χ4n) is 2.90. The third-order valence-electron chi connectivity index (χ3n) is 3.95. The molecular weight excluding hydrogens is 238 g/mol. The van der Waals surface area contributed by atoms with E-state index in [0.29, 0.717) is 5.92 Å². The van der Waals surface area contributed by atoms with E-state index in [1.54, 1.807) is 0 Å². The second-order valence-electron chi connectivity index (χ2n) is 5.32. The predicted molar refractivity (Wildman–Crippen MR) is 76.2 cm³/mol.